The van der Waals surface area contributed by atoms with Crippen LogP contribution in [0.25, 0.3) is 0 Å². The molecule has 0 saturated carbocycles. The van der Waals surface area contributed by atoms with Gasteiger partial charge in [-0.1, -0.05) is 39.0 Å². The molecule has 0 saturated heterocycles. The van der Waals surface area contributed by atoms with Gasteiger partial charge in [-0.05, 0) is 55.0 Å². The Kier molecular flexibility index (Phi) is 8.20. The molecule has 1 radical (unpaired) electrons. The van der Waals surface area contributed by atoms with Crippen molar-refractivity contribution in [2.75, 3.05) is 6.61 Å². The van der Waals surface area contributed by atoms with Crippen LogP contribution >= 0.6 is 0 Å². The van der Waals surface area contributed by atoms with Crippen LogP contribution in [0, 0.1) is 18.3 Å². The first kappa shape index (κ1) is 18.7. The summed E-state index contributed by atoms with van der Waals surface area (Å²) in [6, 6.07) is 16.7. The first-order chi connectivity index (χ1) is 12.3. The molecule has 0 aliphatic rings. The Labute approximate surface area is 150 Å². The Balaban J connectivity index is 1.73. The first-order valence-corrected chi connectivity index (χ1v) is 8.76. The van der Waals surface area contributed by atoms with Gasteiger partial charge < -0.3 is 4.74 Å². The highest BCUT2D eigenvalue weighted by atomic mass is 16.5. The molecule has 0 unspecified atom stereocenters. The molecule has 0 heterocycles. The van der Waals surface area contributed by atoms with Gasteiger partial charge in [0, 0.05) is 0 Å². The molecule has 0 aromatic heterocycles. The van der Waals surface area contributed by atoms with Crippen LogP contribution in [0.2, 0.25) is 0 Å². The van der Waals surface area contributed by atoms with Gasteiger partial charge in [0.2, 0.25) is 0 Å². The Morgan fingerprint density at radius 2 is 1.36 bits per heavy atom. The van der Waals surface area contributed by atoms with E-state index in [9.17, 15) is 0 Å². The average molecular weight is 334 g/mol. The highest BCUT2D eigenvalue weighted by Gasteiger charge is 1.96. The van der Waals surface area contributed by atoms with Crippen molar-refractivity contribution in [3.05, 3.63) is 61.0 Å². The summed E-state index contributed by atoms with van der Waals surface area (Å²) < 4.78 is 5.74. The van der Waals surface area contributed by atoms with E-state index in [-0.39, 0.29) is 0 Å². The van der Waals surface area contributed by atoms with Crippen LogP contribution in [0.4, 0.5) is 11.4 Å². The summed E-state index contributed by atoms with van der Waals surface area (Å²) in [4.78, 5) is 0. The number of hydrogen-bond acceptors (Lipinski definition) is 4. The Morgan fingerprint density at radius 1 is 0.800 bits per heavy atom. The number of benzene rings is 2. The van der Waals surface area contributed by atoms with E-state index in [0.717, 1.165) is 36.6 Å². The molecule has 0 fully saturated rings. The van der Waals surface area contributed by atoms with Crippen LogP contribution in [-0.2, 0) is 0 Å². The third-order valence-electron chi connectivity index (χ3n) is 3.78. The van der Waals surface area contributed by atoms with Gasteiger partial charge >= 0.3 is 0 Å². The number of hydrogen-bond donors (Lipinski definition) is 0. The van der Waals surface area contributed by atoms with Gasteiger partial charge in [-0.15, -0.1) is 0 Å². The van der Waals surface area contributed by atoms with Crippen molar-refractivity contribution in [3.8, 4) is 11.8 Å². The molecule has 4 heteroatoms. The summed E-state index contributed by atoms with van der Waals surface area (Å²) in [5, 5.41) is 17.1. The minimum absolute atomic E-state index is 0.614. The summed E-state index contributed by atoms with van der Waals surface area (Å²) in [7, 11) is 0. The summed E-state index contributed by atoms with van der Waals surface area (Å²) >= 11 is 0. The number of unbranched alkanes of at least 4 members (excludes halogenated alkanes) is 5. The topological polar surface area (TPSA) is 57.7 Å². The van der Waals surface area contributed by atoms with E-state index in [0.29, 0.717) is 5.56 Å². The van der Waals surface area contributed by atoms with Crippen molar-refractivity contribution in [2.24, 2.45) is 10.2 Å². The summed E-state index contributed by atoms with van der Waals surface area (Å²) in [5.74, 6) is 0.857. The Bertz CT molecular complexity index is 685. The molecule has 0 atom stereocenters. The van der Waals surface area contributed by atoms with E-state index in [4.69, 9.17) is 10.00 Å². The summed E-state index contributed by atoms with van der Waals surface area (Å²) in [6.45, 7) is 4.60. The first-order valence-electron chi connectivity index (χ1n) is 8.76. The summed E-state index contributed by atoms with van der Waals surface area (Å²) in [6.07, 6.45) is 7.06. The summed E-state index contributed by atoms with van der Waals surface area (Å²) in [5.41, 5.74) is 2.10. The normalized spacial score (nSPS) is 10.7. The lowest BCUT2D eigenvalue weighted by Crippen LogP contribution is -1.96. The lowest BCUT2D eigenvalue weighted by atomic mass is 10.1. The van der Waals surface area contributed by atoms with Gasteiger partial charge in [-0.25, -0.2) is 0 Å². The van der Waals surface area contributed by atoms with Gasteiger partial charge in [0.25, 0.3) is 0 Å². The maximum atomic E-state index is 8.77. The minimum atomic E-state index is 0.614. The Hall–Kier alpha value is -2.67. The van der Waals surface area contributed by atoms with Crippen molar-refractivity contribution in [2.45, 2.75) is 38.5 Å². The van der Waals surface area contributed by atoms with Gasteiger partial charge in [0.1, 0.15) is 5.75 Å². The third-order valence-corrected chi connectivity index (χ3v) is 3.78. The largest absolute Gasteiger partial charge is 0.494 e. The molecular weight excluding hydrogens is 310 g/mol. The van der Waals surface area contributed by atoms with E-state index in [2.05, 4.69) is 23.2 Å². The fraction of sp³-hybridized carbons (Fsp3) is 0.333. The van der Waals surface area contributed by atoms with Crippen LogP contribution in [0.5, 0.6) is 5.75 Å². The standard InChI is InChI=1S/C21H24N3O/c1-2-3-4-5-6-7-16-25-21-14-12-20(13-15-21)24-23-19-10-8-18(17-22)9-11-19/h8-15H,1-7,16H2/b24-23+. The highest BCUT2D eigenvalue weighted by molar-refractivity contribution is 5.44. The van der Waals surface area contributed by atoms with E-state index < -0.39 is 0 Å². The van der Waals surface area contributed by atoms with E-state index in [1.54, 1.807) is 24.3 Å². The fourth-order valence-corrected chi connectivity index (χ4v) is 2.33. The van der Waals surface area contributed by atoms with Crippen LogP contribution in [-0.4, -0.2) is 6.61 Å². The minimum Gasteiger partial charge on any atom is -0.494 e. The lowest BCUT2D eigenvalue weighted by Gasteiger charge is -2.06. The van der Waals surface area contributed by atoms with Crippen molar-refractivity contribution >= 4 is 11.4 Å². The van der Waals surface area contributed by atoms with Crippen molar-refractivity contribution in [3.63, 3.8) is 0 Å². The fourth-order valence-electron chi connectivity index (χ4n) is 2.33. The second-order valence-corrected chi connectivity index (χ2v) is 5.82. The number of rotatable bonds is 10. The smallest absolute Gasteiger partial charge is 0.119 e. The quantitative estimate of drug-likeness (QED) is 0.366. The van der Waals surface area contributed by atoms with Crippen molar-refractivity contribution < 1.29 is 4.74 Å². The predicted molar refractivity (Wildman–Crippen MR) is 100 cm³/mol. The van der Waals surface area contributed by atoms with Crippen LogP contribution in [0.1, 0.15) is 44.1 Å². The van der Waals surface area contributed by atoms with Gasteiger partial charge in [0.05, 0.1) is 29.6 Å². The van der Waals surface area contributed by atoms with Gasteiger partial charge in [-0.2, -0.15) is 15.5 Å². The molecule has 0 spiro atoms. The molecule has 2 rings (SSSR count). The van der Waals surface area contributed by atoms with Crippen LogP contribution in [0.3, 0.4) is 0 Å². The lowest BCUT2D eigenvalue weighted by molar-refractivity contribution is 0.304. The molecule has 2 aromatic carbocycles. The van der Waals surface area contributed by atoms with Crippen molar-refractivity contribution in [1.29, 1.82) is 5.26 Å². The molecule has 0 aliphatic heterocycles. The molecule has 25 heavy (non-hydrogen) atoms. The van der Waals surface area contributed by atoms with Gasteiger partial charge in [0.15, 0.2) is 0 Å². The molecular formula is C21H24N3O. The molecule has 0 bridgehead atoms. The molecule has 129 valence electrons. The molecule has 2 aromatic rings. The molecule has 0 amide bonds. The maximum absolute atomic E-state index is 8.77. The zero-order chi connectivity index (χ0) is 17.7. The number of azo groups is 1. The molecule has 0 N–H and O–H groups in total. The number of ether oxygens (including phenoxy) is 1. The van der Waals surface area contributed by atoms with E-state index in [1.807, 2.05) is 24.3 Å². The second kappa shape index (κ2) is 11.0. The zero-order valence-electron chi connectivity index (χ0n) is 14.5. The van der Waals surface area contributed by atoms with Crippen LogP contribution in [0.15, 0.2) is 58.8 Å². The van der Waals surface area contributed by atoms with Crippen LogP contribution < -0.4 is 4.74 Å². The number of nitriles is 1. The second-order valence-electron chi connectivity index (χ2n) is 5.82. The monoisotopic (exact) mass is 334 g/mol. The molecule has 0 aliphatic carbocycles. The van der Waals surface area contributed by atoms with E-state index >= 15 is 0 Å². The van der Waals surface area contributed by atoms with Crippen molar-refractivity contribution in [1.82, 2.24) is 0 Å². The average Bonchev–Trinajstić information content (AvgIpc) is 2.67. The predicted octanol–water partition coefficient (Wildman–Crippen LogP) is 6.53. The Morgan fingerprint density at radius 3 is 1.96 bits per heavy atom. The highest BCUT2D eigenvalue weighted by Crippen LogP contribution is 2.21. The maximum Gasteiger partial charge on any atom is 0.119 e. The third kappa shape index (κ3) is 7.17. The van der Waals surface area contributed by atoms with E-state index in [1.165, 1.54) is 25.7 Å². The number of nitrogens with zero attached hydrogens (tertiary/aromatic N) is 3. The molecule has 4 nitrogen and oxygen atoms in total. The van der Waals surface area contributed by atoms with Gasteiger partial charge in [-0.3, -0.25) is 0 Å². The SMILES string of the molecule is [CH2]CCCCCCCOc1ccc(/N=N/c2ccc(C#N)cc2)cc1. The zero-order valence-corrected chi connectivity index (χ0v) is 14.5.